The molecule has 0 radical (unpaired) electrons. The lowest BCUT2D eigenvalue weighted by atomic mass is 9.33. The van der Waals surface area contributed by atoms with Crippen molar-refractivity contribution >= 4 is 0 Å². The highest BCUT2D eigenvalue weighted by Crippen LogP contribution is 2.76. The fraction of sp³-hybridized carbons (Fsp3) is 0.935. The molecule has 2 aliphatic heterocycles. The van der Waals surface area contributed by atoms with Gasteiger partial charge in [-0.05, 0) is 97.2 Å². The third-order valence-electron chi connectivity index (χ3n) is 14.0. The maximum Gasteiger partial charge on any atom is 0.162 e. The first-order valence-corrected chi connectivity index (χ1v) is 14.5. The first-order valence-electron chi connectivity index (χ1n) is 14.5. The van der Waals surface area contributed by atoms with Gasteiger partial charge in [0.1, 0.15) is 0 Å². The summed E-state index contributed by atoms with van der Waals surface area (Å²) in [5.41, 5.74) is 1.85. The Morgan fingerprint density at radius 1 is 0.886 bits per heavy atom. The Balaban J connectivity index is 1.44. The van der Waals surface area contributed by atoms with Crippen LogP contribution in [0, 0.1) is 50.2 Å². The highest BCUT2D eigenvalue weighted by atomic mass is 16.7. The monoisotopic (exact) mass is 486 g/mol. The van der Waals surface area contributed by atoms with Crippen molar-refractivity contribution in [1.82, 2.24) is 0 Å². The molecule has 0 amide bonds. The van der Waals surface area contributed by atoms with Gasteiger partial charge in [-0.25, -0.2) is 0 Å². The minimum atomic E-state index is -0.333. The lowest BCUT2D eigenvalue weighted by molar-refractivity contribution is -0.215. The summed E-state index contributed by atoms with van der Waals surface area (Å²) in [6.07, 6.45) is 11.5. The van der Waals surface area contributed by atoms with E-state index < -0.39 is 0 Å². The van der Waals surface area contributed by atoms with Crippen molar-refractivity contribution in [2.75, 3.05) is 13.7 Å². The Hall–Kier alpha value is -0.420. The van der Waals surface area contributed by atoms with Gasteiger partial charge in [0.05, 0.1) is 18.8 Å². The summed E-state index contributed by atoms with van der Waals surface area (Å²) >= 11 is 0. The molecule has 2 saturated heterocycles. The fourth-order valence-electron chi connectivity index (χ4n) is 11.5. The van der Waals surface area contributed by atoms with E-state index in [2.05, 4.69) is 47.6 Å². The molecule has 198 valence electrons. The Kier molecular flexibility index (Phi) is 5.24. The van der Waals surface area contributed by atoms with Gasteiger partial charge in [-0.3, -0.25) is 0 Å². The van der Waals surface area contributed by atoms with Crippen molar-refractivity contribution in [2.24, 2.45) is 50.2 Å². The number of rotatable bonds is 1. The molecule has 6 fully saturated rings. The SMILES string of the molecule is COC1OC[C@]23CC[C@@]1(C)C[C@H]2C1=CC[C@@H]2[C@@]4(C)CC[C@H](O)C(C)(C)[C@@H]4CC[C@@]2(C)[C@]1(C)C[C@H]3O. The number of hydrogen-bond donors (Lipinski definition) is 2. The summed E-state index contributed by atoms with van der Waals surface area (Å²) in [4.78, 5) is 0. The molecule has 35 heavy (non-hydrogen) atoms. The maximum atomic E-state index is 12.0. The number of methoxy groups -OCH3 is 1. The Labute approximate surface area is 213 Å². The predicted octanol–water partition coefficient (Wildman–Crippen LogP) is 6.10. The van der Waals surface area contributed by atoms with E-state index in [4.69, 9.17) is 9.47 Å². The van der Waals surface area contributed by atoms with Gasteiger partial charge >= 0.3 is 0 Å². The number of allylic oxidation sites excluding steroid dienone is 2. The summed E-state index contributed by atoms with van der Waals surface area (Å²) in [7, 11) is 1.78. The van der Waals surface area contributed by atoms with E-state index >= 15 is 0 Å². The van der Waals surface area contributed by atoms with Gasteiger partial charge in [0.2, 0.25) is 0 Å². The van der Waals surface area contributed by atoms with E-state index in [0.29, 0.717) is 24.4 Å². The highest BCUT2D eigenvalue weighted by Gasteiger charge is 2.71. The molecule has 11 atom stereocenters. The van der Waals surface area contributed by atoms with Gasteiger partial charge in [0, 0.05) is 17.9 Å². The molecule has 0 aromatic heterocycles. The van der Waals surface area contributed by atoms with Gasteiger partial charge < -0.3 is 19.7 Å². The summed E-state index contributed by atoms with van der Waals surface area (Å²) < 4.78 is 12.3. The highest BCUT2D eigenvalue weighted by molar-refractivity contribution is 5.35. The van der Waals surface area contributed by atoms with E-state index in [9.17, 15) is 10.2 Å². The molecule has 0 aromatic carbocycles. The van der Waals surface area contributed by atoms with Crippen molar-refractivity contribution in [3.05, 3.63) is 11.6 Å². The van der Waals surface area contributed by atoms with E-state index in [-0.39, 0.29) is 51.0 Å². The van der Waals surface area contributed by atoms with Crippen molar-refractivity contribution in [3.63, 3.8) is 0 Å². The number of hydrogen-bond acceptors (Lipinski definition) is 4. The average Bonchev–Trinajstić information content (AvgIpc) is 3.01. The quantitative estimate of drug-likeness (QED) is 0.440. The molecule has 2 bridgehead atoms. The summed E-state index contributed by atoms with van der Waals surface area (Å²) in [5.74, 6) is 1.53. The van der Waals surface area contributed by atoms with Crippen LogP contribution in [0.4, 0.5) is 0 Å². The Morgan fingerprint density at radius 2 is 1.63 bits per heavy atom. The van der Waals surface area contributed by atoms with Crippen LogP contribution in [-0.4, -0.2) is 42.4 Å². The van der Waals surface area contributed by atoms with Crippen LogP contribution in [0.3, 0.4) is 0 Å². The largest absolute Gasteiger partial charge is 0.393 e. The summed E-state index contributed by atoms with van der Waals surface area (Å²) in [5, 5.41) is 22.9. The van der Waals surface area contributed by atoms with Crippen molar-refractivity contribution in [3.8, 4) is 0 Å². The second-order valence-electron chi connectivity index (χ2n) is 15.4. The first kappa shape index (κ1) is 24.9. The van der Waals surface area contributed by atoms with Gasteiger partial charge in [-0.2, -0.15) is 0 Å². The lowest BCUT2D eigenvalue weighted by Gasteiger charge is -2.71. The molecule has 2 N–H and O–H groups in total. The maximum absolute atomic E-state index is 12.0. The third kappa shape index (κ3) is 2.84. The molecule has 4 saturated carbocycles. The van der Waals surface area contributed by atoms with Crippen molar-refractivity contribution in [2.45, 2.75) is 118 Å². The number of aliphatic hydroxyl groups excluding tert-OH is 2. The van der Waals surface area contributed by atoms with Crippen molar-refractivity contribution < 1.29 is 19.7 Å². The second kappa shape index (κ2) is 7.36. The Bertz CT molecular complexity index is 927. The van der Waals surface area contributed by atoms with Crippen LogP contribution in [-0.2, 0) is 9.47 Å². The lowest BCUT2D eigenvalue weighted by Crippen LogP contribution is -2.66. The number of fused-ring (bicyclic) bond motifs is 8. The number of aliphatic hydroxyl groups is 2. The molecular formula is C31H50O4. The van der Waals surface area contributed by atoms with Crippen LogP contribution in [0.15, 0.2) is 11.6 Å². The molecule has 7 rings (SSSR count). The van der Waals surface area contributed by atoms with E-state index in [1.165, 1.54) is 12.8 Å². The van der Waals surface area contributed by atoms with Gasteiger partial charge in [-0.1, -0.05) is 53.2 Å². The second-order valence-corrected chi connectivity index (χ2v) is 15.4. The van der Waals surface area contributed by atoms with Crippen LogP contribution >= 0.6 is 0 Å². The summed E-state index contributed by atoms with van der Waals surface area (Å²) in [6, 6.07) is 0. The Morgan fingerprint density at radius 3 is 2.34 bits per heavy atom. The zero-order valence-electron chi connectivity index (χ0n) is 23.3. The van der Waals surface area contributed by atoms with Gasteiger partial charge in [-0.15, -0.1) is 0 Å². The topological polar surface area (TPSA) is 58.9 Å². The minimum absolute atomic E-state index is 0.00282. The average molecular weight is 487 g/mol. The molecule has 1 spiro atoms. The third-order valence-corrected chi connectivity index (χ3v) is 14.0. The summed E-state index contributed by atoms with van der Waals surface area (Å²) in [6.45, 7) is 15.3. The zero-order valence-corrected chi connectivity index (χ0v) is 23.3. The molecular weight excluding hydrogens is 436 g/mol. The van der Waals surface area contributed by atoms with E-state index in [1.54, 1.807) is 12.7 Å². The zero-order chi connectivity index (χ0) is 25.2. The van der Waals surface area contributed by atoms with E-state index in [0.717, 1.165) is 44.9 Å². The molecule has 4 nitrogen and oxygen atoms in total. The predicted molar refractivity (Wildman–Crippen MR) is 138 cm³/mol. The number of ether oxygens (including phenoxy) is 2. The molecule has 1 unspecified atom stereocenters. The van der Waals surface area contributed by atoms with Gasteiger partial charge in [0.15, 0.2) is 6.29 Å². The van der Waals surface area contributed by atoms with Crippen LogP contribution in [0.25, 0.3) is 0 Å². The van der Waals surface area contributed by atoms with Crippen LogP contribution < -0.4 is 0 Å². The smallest absolute Gasteiger partial charge is 0.162 e. The molecule has 4 heteroatoms. The molecule has 0 aromatic rings. The molecule has 7 aliphatic rings. The first-order chi connectivity index (χ1) is 16.3. The van der Waals surface area contributed by atoms with Gasteiger partial charge in [0.25, 0.3) is 0 Å². The van der Waals surface area contributed by atoms with Crippen LogP contribution in [0.1, 0.15) is 99.3 Å². The molecule has 5 aliphatic carbocycles. The minimum Gasteiger partial charge on any atom is -0.393 e. The fourth-order valence-corrected chi connectivity index (χ4v) is 11.5. The normalized spacial score (nSPS) is 58.8. The molecule has 2 heterocycles. The van der Waals surface area contributed by atoms with Crippen LogP contribution in [0.2, 0.25) is 0 Å². The standard InChI is InChI=1S/C31H50O4/c1-26(2)21-10-13-29(5)22(28(21,4)12-11-23(26)32)9-8-19-20-16-27(3)14-15-31(20,18-35-25(27)34-7)24(33)17-30(19,29)6/h8,20-25,32-33H,9-18H2,1-7H3/t20-,21-,22+,23-,24+,25?,27-,28-,29+,30+,31+/m0/s1. The van der Waals surface area contributed by atoms with E-state index in [1.807, 2.05) is 0 Å². The van der Waals surface area contributed by atoms with Crippen molar-refractivity contribution in [1.29, 1.82) is 0 Å². The van der Waals surface area contributed by atoms with Crippen LogP contribution in [0.5, 0.6) is 0 Å².